The molecule has 2 fully saturated rings. The number of alkyl carbamates (subject to hydrolysis) is 2. The third-order valence-corrected chi connectivity index (χ3v) is 12.5. The van der Waals surface area contributed by atoms with Crippen molar-refractivity contribution in [3.05, 3.63) is 84.7 Å². The number of imidazole rings is 2. The number of nitrogens with one attached hydrogen (secondary N) is 4. The number of rotatable bonds is 11. The van der Waals surface area contributed by atoms with E-state index in [9.17, 15) is 19.2 Å². The zero-order valence-corrected chi connectivity index (χ0v) is 35.7. The van der Waals surface area contributed by atoms with Crippen molar-refractivity contribution in [1.82, 2.24) is 40.4 Å². The Morgan fingerprint density at radius 3 is 1.55 bits per heavy atom. The highest BCUT2D eigenvalue weighted by molar-refractivity contribution is 6.04. The Labute approximate surface area is 350 Å². The van der Waals surface area contributed by atoms with E-state index in [-0.39, 0.29) is 23.7 Å². The van der Waals surface area contributed by atoms with Gasteiger partial charge in [0.15, 0.2) is 0 Å². The number of hydrogen-bond donors (Lipinski definition) is 4. The minimum atomic E-state index is -0.725. The van der Waals surface area contributed by atoms with E-state index >= 15 is 0 Å². The average Bonchev–Trinajstić information content (AvgIpc) is 4.08. The normalized spacial score (nSPS) is 20.1. The zero-order valence-electron chi connectivity index (χ0n) is 35.7. The van der Waals surface area contributed by atoms with Crippen LogP contribution in [0.3, 0.4) is 0 Å². The fourth-order valence-corrected chi connectivity index (χ4v) is 8.95. The molecule has 0 saturated carbocycles. The van der Waals surface area contributed by atoms with Gasteiger partial charge in [-0.1, -0.05) is 88.4 Å². The Morgan fingerprint density at radius 1 is 0.633 bits per heavy atom. The molecule has 0 radical (unpaired) electrons. The number of nitrogens with zero attached hydrogens (tertiary/aromatic N) is 4. The van der Waals surface area contributed by atoms with Gasteiger partial charge in [-0.3, -0.25) is 9.59 Å². The number of aromatic amines is 2. The molecule has 2 aliphatic rings. The van der Waals surface area contributed by atoms with E-state index in [4.69, 9.17) is 19.4 Å². The molecule has 0 bridgehead atoms. The lowest BCUT2D eigenvalue weighted by Crippen LogP contribution is -2.55. The minimum absolute atomic E-state index is 0.128. The molecular formula is C46H56N8O6. The van der Waals surface area contributed by atoms with E-state index in [0.29, 0.717) is 24.7 Å². The minimum Gasteiger partial charge on any atom is -0.453 e. The standard InChI is InChI=1S/C46H56N8O6/c1-27(2)37(51-43(57)59-7)39(55)53-23-11-21-45(53,5)41-47-25-35(49-41)30-17-15-29(16-18-30)31-19-20-34(33-14-10-9-13-32(31)33)36-26-48-42(50-36)46(6)22-12-24-54(46)40(56)38(28(3)4)52-44(58)60-8/h9-10,13-20,25-28,37-38H,11-12,21-24H2,1-8H3,(H,47,49)(H,48,50)(H,51,57)(H,52,58). The Balaban J connectivity index is 1.12. The van der Waals surface area contributed by atoms with Gasteiger partial charge in [-0.15, -0.1) is 0 Å². The number of benzene rings is 3. The van der Waals surface area contributed by atoms with Crippen LogP contribution in [0.5, 0.6) is 0 Å². The van der Waals surface area contributed by atoms with E-state index in [0.717, 1.165) is 70.1 Å². The van der Waals surface area contributed by atoms with Crippen LogP contribution in [0.4, 0.5) is 9.59 Å². The smallest absolute Gasteiger partial charge is 0.407 e. The van der Waals surface area contributed by atoms with Crippen molar-refractivity contribution in [1.29, 1.82) is 0 Å². The fourth-order valence-electron chi connectivity index (χ4n) is 8.95. The first kappa shape index (κ1) is 42.0. The number of aromatic nitrogens is 4. The van der Waals surface area contributed by atoms with E-state index in [1.807, 2.05) is 75.9 Å². The second-order valence-corrected chi connectivity index (χ2v) is 17.0. The Kier molecular flexibility index (Phi) is 11.8. The number of ether oxygens (including phenoxy) is 2. The highest BCUT2D eigenvalue weighted by Crippen LogP contribution is 2.42. The summed E-state index contributed by atoms with van der Waals surface area (Å²) in [4.78, 5) is 72.3. The number of methoxy groups -OCH3 is 2. The molecule has 7 rings (SSSR count). The molecule has 14 heteroatoms. The van der Waals surface area contributed by atoms with Crippen LogP contribution in [0.15, 0.2) is 73.1 Å². The van der Waals surface area contributed by atoms with Gasteiger partial charge in [0.25, 0.3) is 0 Å². The maximum Gasteiger partial charge on any atom is 0.407 e. The highest BCUT2D eigenvalue weighted by atomic mass is 16.5. The number of likely N-dealkylation sites (tertiary alicyclic amines) is 2. The van der Waals surface area contributed by atoms with Crippen molar-refractivity contribution in [3.63, 3.8) is 0 Å². The van der Waals surface area contributed by atoms with Gasteiger partial charge in [0.05, 0.1) is 49.1 Å². The van der Waals surface area contributed by atoms with Gasteiger partial charge in [0.1, 0.15) is 23.7 Å². The van der Waals surface area contributed by atoms with Gasteiger partial charge in [0, 0.05) is 18.7 Å². The molecule has 4 heterocycles. The molecule has 0 spiro atoms. The molecule has 4 unspecified atom stereocenters. The summed E-state index contributed by atoms with van der Waals surface area (Å²) in [6.07, 6.45) is 5.49. The summed E-state index contributed by atoms with van der Waals surface area (Å²) in [5.41, 5.74) is 4.44. The van der Waals surface area contributed by atoms with Crippen molar-refractivity contribution in [2.45, 2.75) is 90.4 Å². The van der Waals surface area contributed by atoms with Crippen molar-refractivity contribution in [3.8, 4) is 33.6 Å². The third-order valence-electron chi connectivity index (χ3n) is 12.5. The lowest BCUT2D eigenvalue weighted by atomic mass is 9.93. The molecule has 4 atom stereocenters. The van der Waals surface area contributed by atoms with Crippen molar-refractivity contribution in [2.75, 3.05) is 27.3 Å². The van der Waals surface area contributed by atoms with Gasteiger partial charge in [-0.25, -0.2) is 19.6 Å². The first-order valence-electron chi connectivity index (χ1n) is 20.8. The topological polar surface area (TPSA) is 175 Å². The summed E-state index contributed by atoms with van der Waals surface area (Å²) in [6.45, 7) is 12.8. The molecule has 5 aromatic rings. The van der Waals surface area contributed by atoms with Gasteiger partial charge in [-0.05, 0) is 78.8 Å². The number of amides is 4. The van der Waals surface area contributed by atoms with Gasteiger partial charge < -0.3 is 39.9 Å². The number of carbonyl (C=O) groups excluding carboxylic acids is 4. The Morgan fingerprint density at radius 2 is 1.07 bits per heavy atom. The van der Waals surface area contributed by atoms with Crippen molar-refractivity contribution < 1.29 is 28.7 Å². The van der Waals surface area contributed by atoms with Crippen LogP contribution in [0, 0.1) is 11.8 Å². The van der Waals surface area contributed by atoms with Gasteiger partial charge in [0.2, 0.25) is 11.8 Å². The lowest BCUT2D eigenvalue weighted by molar-refractivity contribution is -0.139. The predicted molar refractivity (Wildman–Crippen MR) is 229 cm³/mol. The molecule has 2 aromatic heterocycles. The van der Waals surface area contributed by atoms with Crippen molar-refractivity contribution >= 4 is 34.8 Å². The zero-order chi connectivity index (χ0) is 42.9. The van der Waals surface area contributed by atoms with E-state index in [1.165, 1.54) is 14.2 Å². The summed E-state index contributed by atoms with van der Waals surface area (Å²) < 4.78 is 9.61. The van der Waals surface area contributed by atoms with E-state index in [1.54, 1.807) is 0 Å². The first-order chi connectivity index (χ1) is 28.7. The van der Waals surface area contributed by atoms with Crippen molar-refractivity contribution in [2.24, 2.45) is 11.8 Å². The fraction of sp³-hybridized carbons (Fsp3) is 0.435. The number of hydrogen-bond acceptors (Lipinski definition) is 8. The predicted octanol–water partition coefficient (Wildman–Crippen LogP) is 7.72. The maximum atomic E-state index is 13.9. The molecule has 4 N–H and O–H groups in total. The van der Waals surface area contributed by atoms with Crippen LogP contribution >= 0.6 is 0 Å². The third kappa shape index (κ3) is 7.70. The number of carbonyl (C=O) groups is 4. The van der Waals surface area contributed by atoms with Gasteiger partial charge >= 0.3 is 12.2 Å². The summed E-state index contributed by atoms with van der Waals surface area (Å²) in [7, 11) is 2.59. The quantitative estimate of drug-likeness (QED) is 0.105. The summed E-state index contributed by atoms with van der Waals surface area (Å²) in [5.74, 6) is 0.828. The molecule has 4 amide bonds. The maximum absolute atomic E-state index is 13.9. The summed E-state index contributed by atoms with van der Waals surface area (Å²) in [5, 5.41) is 7.60. The lowest BCUT2D eigenvalue weighted by Gasteiger charge is -2.37. The molecule has 2 saturated heterocycles. The summed E-state index contributed by atoms with van der Waals surface area (Å²) in [6, 6.07) is 19.5. The van der Waals surface area contributed by atoms with Gasteiger partial charge in [-0.2, -0.15) is 0 Å². The Bertz CT molecular complexity index is 2390. The van der Waals surface area contributed by atoms with E-state index < -0.39 is 35.3 Å². The first-order valence-corrected chi connectivity index (χ1v) is 20.8. The number of H-pyrrole nitrogens is 2. The molecule has 60 heavy (non-hydrogen) atoms. The molecule has 316 valence electrons. The van der Waals surface area contributed by atoms with Crippen LogP contribution in [0.2, 0.25) is 0 Å². The molecule has 0 aliphatic carbocycles. The van der Waals surface area contributed by atoms with Crippen LogP contribution < -0.4 is 10.6 Å². The number of fused-ring (bicyclic) bond motifs is 1. The highest BCUT2D eigenvalue weighted by Gasteiger charge is 2.47. The van der Waals surface area contributed by atoms with Crippen LogP contribution in [-0.4, -0.2) is 93.1 Å². The Hall–Kier alpha value is -6.18. The van der Waals surface area contributed by atoms with Crippen LogP contribution in [-0.2, 0) is 30.1 Å². The molecule has 3 aromatic carbocycles. The second-order valence-electron chi connectivity index (χ2n) is 17.0. The average molecular weight is 817 g/mol. The van der Waals surface area contributed by atoms with Crippen LogP contribution in [0.25, 0.3) is 44.4 Å². The molecule has 2 aliphatic heterocycles. The molecule has 14 nitrogen and oxygen atoms in total. The SMILES string of the molecule is COC(=O)NC(C(=O)N1CCCC1(C)c1ncc(-c2ccc(-c3ccc(-c4cnc(C5(C)CCCN5C(=O)C(NC(=O)OC)C(C)C)[nH]4)c4ccccc34)cc2)[nH]1)C(C)C. The molecular weight excluding hydrogens is 761 g/mol. The van der Waals surface area contributed by atoms with E-state index in [2.05, 4.69) is 69.1 Å². The second kappa shape index (κ2) is 16.8. The summed E-state index contributed by atoms with van der Waals surface area (Å²) >= 11 is 0. The monoisotopic (exact) mass is 816 g/mol. The largest absolute Gasteiger partial charge is 0.453 e. The van der Waals surface area contributed by atoms with Crippen LogP contribution in [0.1, 0.15) is 78.9 Å².